The summed E-state index contributed by atoms with van der Waals surface area (Å²) in [6.07, 6.45) is 0.217. The van der Waals surface area contributed by atoms with Crippen molar-refractivity contribution in [1.82, 2.24) is 5.32 Å². The smallest absolute Gasteiger partial charge is 0.304 e. The first-order valence-electron chi connectivity index (χ1n) is 7.17. The van der Waals surface area contributed by atoms with Gasteiger partial charge in [0.25, 0.3) is 0 Å². The third-order valence-electron chi connectivity index (χ3n) is 3.18. The first kappa shape index (κ1) is 15.3. The molecule has 0 aliphatic heterocycles. The van der Waals surface area contributed by atoms with E-state index in [9.17, 15) is 4.79 Å². The fourth-order valence-electron chi connectivity index (χ4n) is 2.27. The van der Waals surface area contributed by atoms with Gasteiger partial charge in [0.1, 0.15) is 5.75 Å². The summed E-state index contributed by atoms with van der Waals surface area (Å²) in [5.74, 6) is 0.0607. The van der Waals surface area contributed by atoms with Gasteiger partial charge in [-0.2, -0.15) is 0 Å². The monoisotopic (exact) mass is 287 g/mol. The number of carbonyl (C=O) groups is 1. The standard InChI is InChI=1S/C17H21NO3/c1-12(2)21-16-8-7-13-5-3-4-6-14(13)15(16)11-18-10-9-17(19)20/h3-8,12,18H,9-11H2,1-2H3,(H,19,20). The molecule has 0 heterocycles. The molecule has 0 aromatic heterocycles. The molecule has 2 aromatic carbocycles. The highest BCUT2D eigenvalue weighted by atomic mass is 16.5. The molecule has 0 amide bonds. The fraction of sp³-hybridized carbons (Fsp3) is 0.353. The SMILES string of the molecule is CC(C)Oc1ccc2ccccc2c1CNCCC(=O)O. The molecule has 0 saturated carbocycles. The lowest BCUT2D eigenvalue weighted by atomic mass is 10.0. The second-order valence-electron chi connectivity index (χ2n) is 5.25. The lowest BCUT2D eigenvalue weighted by molar-refractivity contribution is -0.136. The van der Waals surface area contributed by atoms with Gasteiger partial charge in [0, 0.05) is 18.7 Å². The molecular formula is C17H21NO3. The number of ether oxygens (including phenoxy) is 1. The van der Waals surface area contributed by atoms with Gasteiger partial charge >= 0.3 is 5.97 Å². The highest BCUT2D eigenvalue weighted by Crippen LogP contribution is 2.28. The number of hydrogen-bond acceptors (Lipinski definition) is 3. The Hall–Kier alpha value is -2.07. The van der Waals surface area contributed by atoms with E-state index in [4.69, 9.17) is 9.84 Å². The number of hydrogen-bond donors (Lipinski definition) is 2. The van der Waals surface area contributed by atoms with E-state index >= 15 is 0 Å². The third-order valence-corrected chi connectivity index (χ3v) is 3.18. The normalized spacial score (nSPS) is 11.0. The maximum absolute atomic E-state index is 10.6. The van der Waals surface area contributed by atoms with Crippen molar-refractivity contribution in [2.75, 3.05) is 6.54 Å². The van der Waals surface area contributed by atoms with Crippen LogP contribution in [0.25, 0.3) is 10.8 Å². The Kier molecular flexibility index (Phi) is 5.17. The van der Waals surface area contributed by atoms with E-state index in [0.717, 1.165) is 22.1 Å². The topological polar surface area (TPSA) is 58.6 Å². The van der Waals surface area contributed by atoms with Crippen molar-refractivity contribution < 1.29 is 14.6 Å². The van der Waals surface area contributed by atoms with Gasteiger partial charge in [-0.1, -0.05) is 30.3 Å². The lowest BCUT2D eigenvalue weighted by Gasteiger charge is -2.17. The predicted molar refractivity (Wildman–Crippen MR) is 83.7 cm³/mol. The largest absolute Gasteiger partial charge is 0.491 e. The number of nitrogens with one attached hydrogen (secondary N) is 1. The van der Waals surface area contributed by atoms with Gasteiger partial charge in [-0.05, 0) is 30.7 Å². The molecule has 0 spiro atoms. The van der Waals surface area contributed by atoms with Gasteiger partial charge in [-0.25, -0.2) is 0 Å². The summed E-state index contributed by atoms with van der Waals surface area (Å²) in [4.78, 5) is 10.6. The van der Waals surface area contributed by atoms with Crippen molar-refractivity contribution >= 4 is 16.7 Å². The number of benzene rings is 2. The Labute approximate surface area is 124 Å². The van der Waals surface area contributed by atoms with E-state index in [0.29, 0.717) is 13.1 Å². The minimum absolute atomic E-state index is 0.101. The quantitative estimate of drug-likeness (QED) is 0.768. The van der Waals surface area contributed by atoms with Crippen LogP contribution in [-0.4, -0.2) is 23.7 Å². The van der Waals surface area contributed by atoms with Crippen LogP contribution in [0.2, 0.25) is 0 Å². The molecular weight excluding hydrogens is 266 g/mol. The molecule has 4 heteroatoms. The summed E-state index contributed by atoms with van der Waals surface area (Å²) < 4.78 is 5.88. The van der Waals surface area contributed by atoms with Crippen molar-refractivity contribution in [3.8, 4) is 5.75 Å². The molecule has 0 fully saturated rings. The molecule has 21 heavy (non-hydrogen) atoms. The van der Waals surface area contributed by atoms with Crippen LogP contribution in [0.4, 0.5) is 0 Å². The van der Waals surface area contributed by atoms with Crippen LogP contribution < -0.4 is 10.1 Å². The number of carboxylic acids is 1. The number of fused-ring (bicyclic) bond motifs is 1. The summed E-state index contributed by atoms with van der Waals surface area (Å²) >= 11 is 0. The minimum Gasteiger partial charge on any atom is -0.491 e. The van der Waals surface area contributed by atoms with E-state index in [-0.39, 0.29) is 12.5 Å². The predicted octanol–water partition coefficient (Wildman–Crippen LogP) is 3.19. The van der Waals surface area contributed by atoms with Crippen LogP contribution in [0.1, 0.15) is 25.8 Å². The van der Waals surface area contributed by atoms with Crippen molar-refractivity contribution in [2.24, 2.45) is 0 Å². The summed E-state index contributed by atoms with van der Waals surface area (Å²) in [7, 11) is 0. The van der Waals surface area contributed by atoms with Gasteiger partial charge in [0.15, 0.2) is 0 Å². The van der Waals surface area contributed by atoms with Gasteiger partial charge in [0.2, 0.25) is 0 Å². The maximum Gasteiger partial charge on any atom is 0.304 e. The highest BCUT2D eigenvalue weighted by Gasteiger charge is 2.10. The molecule has 0 aliphatic carbocycles. The molecule has 4 nitrogen and oxygen atoms in total. The zero-order valence-corrected chi connectivity index (χ0v) is 12.4. The van der Waals surface area contributed by atoms with Gasteiger partial charge in [0.05, 0.1) is 12.5 Å². The zero-order valence-electron chi connectivity index (χ0n) is 12.4. The van der Waals surface area contributed by atoms with Crippen LogP contribution in [0.3, 0.4) is 0 Å². The molecule has 0 aliphatic rings. The number of carboxylic acid groups (broad SMARTS) is 1. The van der Waals surface area contributed by atoms with Crippen LogP contribution in [0, 0.1) is 0 Å². The highest BCUT2D eigenvalue weighted by molar-refractivity contribution is 5.87. The lowest BCUT2D eigenvalue weighted by Crippen LogP contribution is -2.19. The van der Waals surface area contributed by atoms with Gasteiger partial charge in [-0.15, -0.1) is 0 Å². The molecule has 0 bridgehead atoms. The van der Waals surface area contributed by atoms with E-state index in [2.05, 4.69) is 17.4 Å². The Bertz CT molecular complexity index is 622. The van der Waals surface area contributed by atoms with E-state index in [1.165, 1.54) is 0 Å². The summed E-state index contributed by atoms with van der Waals surface area (Å²) in [5.41, 5.74) is 1.08. The minimum atomic E-state index is -0.793. The van der Waals surface area contributed by atoms with Crippen LogP contribution >= 0.6 is 0 Å². The fourth-order valence-corrected chi connectivity index (χ4v) is 2.27. The molecule has 0 saturated heterocycles. The molecule has 2 rings (SSSR count). The van der Waals surface area contributed by atoms with Crippen LogP contribution in [0.5, 0.6) is 5.75 Å². The van der Waals surface area contributed by atoms with E-state index in [1.807, 2.05) is 38.1 Å². The molecule has 112 valence electrons. The maximum atomic E-state index is 10.6. The second kappa shape index (κ2) is 7.09. The molecule has 0 unspecified atom stereocenters. The zero-order chi connectivity index (χ0) is 15.2. The van der Waals surface area contributed by atoms with Crippen molar-refractivity contribution in [3.63, 3.8) is 0 Å². The Morgan fingerprint density at radius 3 is 2.71 bits per heavy atom. The molecule has 2 N–H and O–H groups in total. The van der Waals surface area contributed by atoms with E-state index in [1.54, 1.807) is 0 Å². The third kappa shape index (κ3) is 4.20. The average Bonchev–Trinajstić information content (AvgIpc) is 2.44. The first-order valence-corrected chi connectivity index (χ1v) is 7.17. The van der Waals surface area contributed by atoms with Gasteiger partial charge < -0.3 is 15.2 Å². The summed E-state index contributed by atoms with van der Waals surface area (Å²) in [6.45, 7) is 5.03. The Balaban J connectivity index is 2.25. The number of rotatable bonds is 7. The summed E-state index contributed by atoms with van der Waals surface area (Å²) in [5, 5.41) is 14.2. The van der Waals surface area contributed by atoms with E-state index < -0.39 is 5.97 Å². The summed E-state index contributed by atoms with van der Waals surface area (Å²) in [6, 6.07) is 12.2. The second-order valence-corrected chi connectivity index (χ2v) is 5.25. The first-order chi connectivity index (χ1) is 10.1. The van der Waals surface area contributed by atoms with Crippen molar-refractivity contribution in [2.45, 2.75) is 32.9 Å². The Morgan fingerprint density at radius 1 is 1.24 bits per heavy atom. The molecule has 2 aromatic rings. The number of aliphatic carboxylic acids is 1. The van der Waals surface area contributed by atoms with Gasteiger partial charge in [-0.3, -0.25) is 4.79 Å². The van der Waals surface area contributed by atoms with Crippen molar-refractivity contribution in [3.05, 3.63) is 42.0 Å². The molecule has 0 atom stereocenters. The van der Waals surface area contributed by atoms with Crippen LogP contribution in [0.15, 0.2) is 36.4 Å². The van der Waals surface area contributed by atoms with Crippen molar-refractivity contribution in [1.29, 1.82) is 0 Å². The van der Waals surface area contributed by atoms with Crippen LogP contribution in [-0.2, 0) is 11.3 Å². The molecule has 0 radical (unpaired) electrons. The Morgan fingerprint density at radius 2 is 2.00 bits per heavy atom. The average molecular weight is 287 g/mol.